The highest BCUT2D eigenvalue weighted by Crippen LogP contribution is 2.31. The van der Waals surface area contributed by atoms with E-state index in [-0.39, 0.29) is 0 Å². The highest BCUT2D eigenvalue weighted by Gasteiger charge is 2.27. The van der Waals surface area contributed by atoms with E-state index in [2.05, 4.69) is 11.8 Å². The molecular weight excluding hydrogens is 184 g/mol. The van der Waals surface area contributed by atoms with Crippen molar-refractivity contribution in [1.29, 1.82) is 0 Å². The summed E-state index contributed by atoms with van der Waals surface area (Å²) in [7, 11) is 0. The Labute approximate surface area is 94.2 Å². The molecule has 0 bridgehead atoms. The topological polar surface area (TPSA) is 29.3 Å². The van der Waals surface area contributed by atoms with Crippen molar-refractivity contribution < 1.29 is 0 Å². The second-order valence-corrected chi connectivity index (χ2v) is 5.49. The average molecular weight is 210 g/mol. The lowest BCUT2D eigenvalue weighted by Gasteiger charge is -2.22. The molecule has 1 saturated carbocycles. The molecule has 2 atom stereocenters. The SMILES string of the molecule is CCN1CCC(CC(N)C2CCCC2)C1. The molecule has 2 fully saturated rings. The van der Waals surface area contributed by atoms with Crippen LogP contribution in [0.2, 0.25) is 0 Å². The van der Waals surface area contributed by atoms with Gasteiger partial charge in [0.15, 0.2) is 0 Å². The molecule has 2 heteroatoms. The molecule has 0 aromatic rings. The molecule has 1 aliphatic heterocycles. The van der Waals surface area contributed by atoms with Crippen molar-refractivity contribution in [1.82, 2.24) is 4.90 Å². The summed E-state index contributed by atoms with van der Waals surface area (Å²) in [6.07, 6.45) is 8.29. The van der Waals surface area contributed by atoms with E-state index in [0.29, 0.717) is 6.04 Å². The van der Waals surface area contributed by atoms with Crippen molar-refractivity contribution in [3.8, 4) is 0 Å². The van der Waals surface area contributed by atoms with E-state index in [1.165, 1.54) is 58.2 Å². The van der Waals surface area contributed by atoms with Gasteiger partial charge in [-0.15, -0.1) is 0 Å². The fourth-order valence-electron chi connectivity index (χ4n) is 3.36. The summed E-state index contributed by atoms with van der Waals surface area (Å²) in [4.78, 5) is 2.56. The maximum Gasteiger partial charge on any atom is 0.00702 e. The van der Waals surface area contributed by atoms with Gasteiger partial charge in [0.05, 0.1) is 0 Å². The maximum absolute atomic E-state index is 6.33. The van der Waals surface area contributed by atoms with Gasteiger partial charge in [0.2, 0.25) is 0 Å². The Morgan fingerprint density at radius 2 is 2.00 bits per heavy atom. The summed E-state index contributed by atoms with van der Waals surface area (Å²) >= 11 is 0. The second kappa shape index (κ2) is 5.31. The van der Waals surface area contributed by atoms with Crippen LogP contribution in [0.15, 0.2) is 0 Å². The first-order valence-corrected chi connectivity index (χ1v) is 6.77. The van der Waals surface area contributed by atoms with Crippen molar-refractivity contribution >= 4 is 0 Å². The van der Waals surface area contributed by atoms with E-state index in [0.717, 1.165) is 11.8 Å². The molecule has 0 spiro atoms. The Morgan fingerprint density at radius 3 is 2.60 bits per heavy atom. The first kappa shape index (κ1) is 11.4. The molecule has 15 heavy (non-hydrogen) atoms. The van der Waals surface area contributed by atoms with Crippen molar-refractivity contribution in [2.45, 2.75) is 51.5 Å². The fraction of sp³-hybridized carbons (Fsp3) is 1.00. The van der Waals surface area contributed by atoms with Gasteiger partial charge < -0.3 is 10.6 Å². The summed E-state index contributed by atoms with van der Waals surface area (Å²) in [5, 5.41) is 0. The van der Waals surface area contributed by atoms with Gasteiger partial charge in [-0.25, -0.2) is 0 Å². The molecule has 2 aliphatic rings. The van der Waals surface area contributed by atoms with Gasteiger partial charge in [-0.2, -0.15) is 0 Å². The van der Waals surface area contributed by atoms with Gasteiger partial charge in [0, 0.05) is 12.6 Å². The molecule has 1 saturated heterocycles. The van der Waals surface area contributed by atoms with Crippen molar-refractivity contribution in [3.63, 3.8) is 0 Å². The van der Waals surface area contributed by atoms with Gasteiger partial charge in [-0.3, -0.25) is 0 Å². The van der Waals surface area contributed by atoms with Crippen molar-refractivity contribution in [2.75, 3.05) is 19.6 Å². The quantitative estimate of drug-likeness (QED) is 0.771. The molecule has 88 valence electrons. The molecule has 0 aromatic carbocycles. The largest absolute Gasteiger partial charge is 0.327 e. The Kier molecular flexibility index (Phi) is 4.04. The molecule has 2 nitrogen and oxygen atoms in total. The minimum atomic E-state index is 0.495. The van der Waals surface area contributed by atoms with Gasteiger partial charge >= 0.3 is 0 Å². The summed E-state index contributed by atoms with van der Waals surface area (Å²) in [5.74, 6) is 1.74. The number of nitrogens with zero attached hydrogens (tertiary/aromatic N) is 1. The zero-order chi connectivity index (χ0) is 10.7. The standard InChI is InChI=1S/C13H26N2/c1-2-15-8-7-11(10-15)9-13(14)12-5-3-4-6-12/h11-13H,2-10,14H2,1H3. The van der Waals surface area contributed by atoms with E-state index in [4.69, 9.17) is 5.73 Å². The predicted molar refractivity (Wildman–Crippen MR) is 64.8 cm³/mol. The number of hydrogen-bond acceptors (Lipinski definition) is 2. The number of likely N-dealkylation sites (tertiary alicyclic amines) is 1. The Hall–Kier alpha value is -0.0800. The third-order valence-corrected chi connectivity index (χ3v) is 4.43. The summed E-state index contributed by atoms with van der Waals surface area (Å²) < 4.78 is 0. The van der Waals surface area contributed by atoms with Crippen molar-refractivity contribution in [3.05, 3.63) is 0 Å². The van der Waals surface area contributed by atoms with Crippen LogP contribution in [0.1, 0.15) is 45.4 Å². The monoisotopic (exact) mass is 210 g/mol. The Bertz CT molecular complexity index is 187. The van der Waals surface area contributed by atoms with E-state index in [9.17, 15) is 0 Å². The van der Waals surface area contributed by atoms with Crippen LogP contribution in [0.5, 0.6) is 0 Å². The smallest absolute Gasteiger partial charge is 0.00702 e. The lowest BCUT2D eigenvalue weighted by molar-refractivity contribution is 0.311. The van der Waals surface area contributed by atoms with E-state index >= 15 is 0 Å². The van der Waals surface area contributed by atoms with E-state index in [1.54, 1.807) is 0 Å². The summed E-state index contributed by atoms with van der Waals surface area (Å²) in [6, 6.07) is 0.495. The highest BCUT2D eigenvalue weighted by molar-refractivity contribution is 4.83. The number of hydrogen-bond donors (Lipinski definition) is 1. The molecule has 2 rings (SSSR count). The van der Waals surface area contributed by atoms with Crippen LogP contribution in [0.25, 0.3) is 0 Å². The third kappa shape index (κ3) is 2.94. The maximum atomic E-state index is 6.33. The lowest BCUT2D eigenvalue weighted by Crippen LogP contribution is -2.31. The van der Waals surface area contributed by atoms with Gasteiger partial charge in [0.25, 0.3) is 0 Å². The van der Waals surface area contributed by atoms with Gasteiger partial charge in [0.1, 0.15) is 0 Å². The number of nitrogens with two attached hydrogens (primary N) is 1. The molecule has 1 heterocycles. The van der Waals surface area contributed by atoms with E-state index in [1.807, 2.05) is 0 Å². The van der Waals surface area contributed by atoms with Crippen LogP contribution in [0.3, 0.4) is 0 Å². The van der Waals surface area contributed by atoms with Crippen LogP contribution in [0, 0.1) is 11.8 Å². The summed E-state index contributed by atoms with van der Waals surface area (Å²) in [5.41, 5.74) is 6.33. The van der Waals surface area contributed by atoms with Crippen molar-refractivity contribution in [2.24, 2.45) is 17.6 Å². The molecule has 2 N–H and O–H groups in total. The zero-order valence-corrected chi connectivity index (χ0v) is 10.1. The molecule has 1 aliphatic carbocycles. The first-order valence-electron chi connectivity index (χ1n) is 6.77. The van der Waals surface area contributed by atoms with Crippen LogP contribution >= 0.6 is 0 Å². The second-order valence-electron chi connectivity index (χ2n) is 5.49. The van der Waals surface area contributed by atoms with Crippen LogP contribution in [0.4, 0.5) is 0 Å². The van der Waals surface area contributed by atoms with Crippen LogP contribution in [-0.4, -0.2) is 30.6 Å². The lowest BCUT2D eigenvalue weighted by atomic mass is 9.90. The first-order chi connectivity index (χ1) is 7.29. The number of rotatable bonds is 4. The molecular formula is C13H26N2. The average Bonchev–Trinajstić information content (AvgIpc) is 2.87. The zero-order valence-electron chi connectivity index (χ0n) is 10.1. The third-order valence-electron chi connectivity index (χ3n) is 4.43. The Balaban J connectivity index is 1.72. The predicted octanol–water partition coefficient (Wildman–Crippen LogP) is 2.24. The van der Waals surface area contributed by atoms with Crippen LogP contribution in [-0.2, 0) is 0 Å². The van der Waals surface area contributed by atoms with Crippen LogP contribution < -0.4 is 5.73 Å². The normalized spacial score (nSPS) is 31.2. The minimum absolute atomic E-state index is 0.495. The summed E-state index contributed by atoms with van der Waals surface area (Å²) in [6.45, 7) is 6.09. The van der Waals surface area contributed by atoms with E-state index < -0.39 is 0 Å². The fourth-order valence-corrected chi connectivity index (χ4v) is 3.36. The molecule has 0 radical (unpaired) electrons. The van der Waals surface area contributed by atoms with Gasteiger partial charge in [-0.1, -0.05) is 19.8 Å². The Morgan fingerprint density at radius 1 is 1.27 bits per heavy atom. The highest BCUT2D eigenvalue weighted by atomic mass is 15.1. The van der Waals surface area contributed by atoms with Gasteiger partial charge in [-0.05, 0) is 50.6 Å². The molecule has 0 amide bonds. The molecule has 0 aromatic heterocycles. The molecule has 2 unspecified atom stereocenters. The minimum Gasteiger partial charge on any atom is -0.327 e.